The van der Waals surface area contributed by atoms with Gasteiger partial charge in [-0.05, 0) is 43.2 Å². The van der Waals surface area contributed by atoms with Crippen LogP contribution in [0.2, 0.25) is 0 Å². The number of nitrogens with two attached hydrogens (primary N) is 1. The van der Waals surface area contributed by atoms with E-state index in [1.54, 1.807) is 0 Å². The van der Waals surface area contributed by atoms with Gasteiger partial charge in [0.2, 0.25) is 0 Å². The minimum absolute atomic E-state index is 0.0741. The Hall–Kier alpha value is -0.820. The van der Waals surface area contributed by atoms with E-state index in [1.807, 2.05) is 0 Å². The molecule has 1 saturated carbocycles. The van der Waals surface area contributed by atoms with E-state index in [-0.39, 0.29) is 5.54 Å². The number of aryl methyl sites for hydroxylation is 1. The van der Waals surface area contributed by atoms with Crippen molar-refractivity contribution in [2.45, 2.75) is 57.9 Å². The summed E-state index contributed by atoms with van der Waals surface area (Å²) < 4.78 is 0. The molecule has 0 aromatic heterocycles. The summed E-state index contributed by atoms with van der Waals surface area (Å²) in [5, 5.41) is 0. The molecule has 0 bridgehead atoms. The van der Waals surface area contributed by atoms with Crippen LogP contribution in [0.5, 0.6) is 0 Å². The highest BCUT2D eigenvalue weighted by atomic mass is 14.7. The molecule has 1 aliphatic rings. The minimum atomic E-state index is -0.0741. The van der Waals surface area contributed by atoms with E-state index in [0.717, 1.165) is 18.8 Å². The second-order valence-electron chi connectivity index (χ2n) is 5.68. The van der Waals surface area contributed by atoms with Gasteiger partial charge in [0.25, 0.3) is 0 Å². The standard InChI is InChI=1S/C16H25N/c1-3-14-8-6-11-16(17,12-10-14)15-9-5-4-7-13(15)2/h4-5,7,9,14H,3,6,8,10-12,17H2,1-2H3. The zero-order valence-electron chi connectivity index (χ0n) is 11.2. The van der Waals surface area contributed by atoms with Crippen LogP contribution in [0.1, 0.15) is 56.6 Å². The van der Waals surface area contributed by atoms with Gasteiger partial charge in [-0.2, -0.15) is 0 Å². The molecule has 2 atom stereocenters. The molecule has 0 radical (unpaired) electrons. The maximum Gasteiger partial charge on any atom is 0.0412 e. The van der Waals surface area contributed by atoms with Gasteiger partial charge in [0.05, 0.1) is 0 Å². The average molecular weight is 231 g/mol. The van der Waals surface area contributed by atoms with Gasteiger partial charge in [-0.15, -0.1) is 0 Å². The molecule has 1 heteroatoms. The van der Waals surface area contributed by atoms with Gasteiger partial charge in [-0.25, -0.2) is 0 Å². The van der Waals surface area contributed by atoms with Crippen molar-refractivity contribution in [3.63, 3.8) is 0 Å². The van der Waals surface area contributed by atoms with Crippen molar-refractivity contribution < 1.29 is 0 Å². The van der Waals surface area contributed by atoms with Crippen LogP contribution < -0.4 is 5.73 Å². The van der Waals surface area contributed by atoms with Gasteiger partial charge in [-0.3, -0.25) is 0 Å². The van der Waals surface area contributed by atoms with Crippen molar-refractivity contribution in [1.82, 2.24) is 0 Å². The van der Waals surface area contributed by atoms with E-state index in [9.17, 15) is 0 Å². The van der Waals surface area contributed by atoms with Gasteiger partial charge >= 0.3 is 0 Å². The third-order valence-corrected chi connectivity index (χ3v) is 4.49. The molecule has 1 aromatic rings. The minimum Gasteiger partial charge on any atom is -0.321 e. The van der Waals surface area contributed by atoms with E-state index in [1.165, 1.54) is 36.8 Å². The molecule has 0 amide bonds. The van der Waals surface area contributed by atoms with Crippen LogP contribution in [0.4, 0.5) is 0 Å². The van der Waals surface area contributed by atoms with E-state index in [2.05, 4.69) is 38.1 Å². The van der Waals surface area contributed by atoms with Crippen molar-refractivity contribution >= 4 is 0 Å². The predicted octanol–water partition coefficient (Wildman–Crippen LogP) is 4.14. The molecule has 1 nitrogen and oxygen atoms in total. The third-order valence-electron chi connectivity index (χ3n) is 4.49. The number of hydrogen-bond acceptors (Lipinski definition) is 1. The quantitative estimate of drug-likeness (QED) is 0.761. The summed E-state index contributed by atoms with van der Waals surface area (Å²) in [6.45, 7) is 4.49. The largest absolute Gasteiger partial charge is 0.321 e. The zero-order valence-corrected chi connectivity index (χ0v) is 11.2. The van der Waals surface area contributed by atoms with Crippen LogP contribution in [0.25, 0.3) is 0 Å². The van der Waals surface area contributed by atoms with Gasteiger partial charge in [-0.1, -0.05) is 50.5 Å². The van der Waals surface area contributed by atoms with Crippen molar-refractivity contribution in [2.24, 2.45) is 11.7 Å². The topological polar surface area (TPSA) is 26.0 Å². The first-order valence-corrected chi connectivity index (χ1v) is 7.00. The van der Waals surface area contributed by atoms with Gasteiger partial charge in [0.1, 0.15) is 0 Å². The fourth-order valence-electron chi connectivity index (χ4n) is 3.25. The molecule has 0 heterocycles. The Morgan fingerprint density at radius 2 is 2.00 bits per heavy atom. The summed E-state index contributed by atoms with van der Waals surface area (Å²) in [4.78, 5) is 0. The SMILES string of the molecule is CCC1CCCC(N)(c2ccccc2C)CC1. The van der Waals surface area contributed by atoms with E-state index >= 15 is 0 Å². The van der Waals surface area contributed by atoms with E-state index < -0.39 is 0 Å². The van der Waals surface area contributed by atoms with Gasteiger partial charge in [0, 0.05) is 5.54 Å². The fraction of sp³-hybridized carbons (Fsp3) is 0.625. The van der Waals surface area contributed by atoms with Crippen LogP contribution in [0.15, 0.2) is 24.3 Å². The van der Waals surface area contributed by atoms with E-state index in [0.29, 0.717) is 0 Å². The molecule has 1 fully saturated rings. The van der Waals surface area contributed by atoms with Gasteiger partial charge < -0.3 is 5.73 Å². The Morgan fingerprint density at radius 3 is 2.71 bits per heavy atom. The Balaban J connectivity index is 2.21. The number of rotatable bonds is 2. The first-order chi connectivity index (χ1) is 8.15. The Labute approximate surface area is 105 Å². The monoisotopic (exact) mass is 231 g/mol. The summed E-state index contributed by atoms with van der Waals surface area (Å²) in [6.07, 6.45) is 7.54. The second kappa shape index (κ2) is 5.22. The van der Waals surface area contributed by atoms with Crippen LogP contribution >= 0.6 is 0 Å². The summed E-state index contributed by atoms with van der Waals surface area (Å²) in [6, 6.07) is 8.64. The molecule has 17 heavy (non-hydrogen) atoms. The molecule has 2 N–H and O–H groups in total. The smallest absolute Gasteiger partial charge is 0.0412 e. The van der Waals surface area contributed by atoms with Crippen LogP contribution in [0.3, 0.4) is 0 Å². The highest BCUT2D eigenvalue weighted by Crippen LogP contribution is 2.37. The fourth-order valence-corrected chi connectivity index (χ4v) is 3.25. The lowest BCUT2D eigenvalue weighted by molar-refractivity contribution is 0.370. The lowest BCUT2D eigenvalue weighted by atomic mass is 9.81. The molecule has 2 rings (SSSR count). The third kappa shape index (κ3) is 2.71. The van der Waals surface area contributed by atoms with Crippen LogP contribution in [-0.2, 0) is 5.54 Å². The molecule has 0 aliphatic heterocycles. The van der Waals surface area contributed by atoms with Crippen molar-refractivity contribution in [3.05, 3.63) is 35.4 Å². The summed E-state index contributed by atoms with van der Waals surface area (Å²) in [5.41, 5.74) is 9.35. The summed E-state index contributed by atoms with van der Waals surface area (Å²) in [5.74, 6) is 0.893. The maximum atomic E-state index is 6.70. The maximum absolute atomic E-state index is 6.70. The highest BCUT2D eigenvalue weighted by molar-refractivity contribution is 5.32. The average Bonchev–Trinajstić information content (AvgIpc) is 2.52. The first-order valence-electron chi connectivity index (χ1n) is 7.00. The molecule has 0 saturated heterocycles. The lowest BCUT2D eigenvalue weighted by Gasteiger charge is -2.30. The summed E-state index contributed by atoms with van der Waals surface area (Å²) >= 11 is 0. The Morgan fingerprint density at radius 1 is 1.24 bits per heavy atom. The van der Waals surface area contributed by atoms with Gasteiger partial charge in [0.15, 0.2) is 0 Å². The van der Waals surface area contributed by atoms with Crippen LogP contribution in [0, 0.1) is 12.8 Å². The molecule has 1 aromatic carbocycles. The molecule has 94 valence electrons. The molecule has 0 spiro atoms. The Kier molecular flexibility index (Phi) is 3.88. The summed E-state index contributed by atoms with van der Waals surface area (Å²) in [7, 11) is 0. The van der Waals surface area contributed by atoms with Crippen molar-refractivity contribution in [1.29, 1.82) is 0 Å². The molecule has 1 aliphatic carbocycles. The normalized spacial score (nSPS) is 29.9. The lowest BCUT2D eigenvalue weighted by Crippen LogP contribution is -2.36. The van der Waals surface area contributed by atoms with Crippen molar-refractivity contribution in [2.75, 3.05) is 0 Å². The van der Waals surface area contributed by atoms with Crippen molar-refractivity contribution in [3.8, 4) is 0 Å². The molecular formula is C16H25N. The zero-order chi connectivity index (χ0) is 12.3. The predicted molar refractivity (Wildman–Crippen MR) is 73.9 cm³/mol. The highest BCUT2D eigenvalue weighted by Gasteiger charge is 2.31. The molecule has 2 unspecified atom stereocenters. The Bertz CT molecular complexity index is 372. The first kappa shape index (κ1) is 12.6. The molecular weight excluding hydrogens is 206 g/mol. The van der Waals surface area contributed by atoms with Crippen LogP contribution in [-0.4, -0.2) is 0 Å². The van der Waals surface area contributed by atoms with E-state index in [4.69, 9.17) is 5.73 Å². The number of benzene rings is 1. The number of hydrogen-bond donors (Lipinski definition) is 1. The second-order valence-corrected chi connectivity index (χ2v) is 5.68.